The van der Waals surface area contributed by atoms with Crippen molar-refractivity contribution in [2.24, 2.45) is 5.92 Å². The number of nitrogens with zero attached hydrogens (tertiary/aromatic N) is 4. The van der Waals surface area contributed by atoms with Crippen molar-refractivity contribution in [3.8, 4) is 33.5 Å². The molecule has 1 aliphatic carbocycles. The number of H-pyrrole nitrogens is 2. The molecule has 10 heteroatoms. The fraction of sp³-hybridized carbons (Fsp3) is 0.391. The van der Waals surface area contributed by atoms with Crippen LogP contribution in [0.5, 0.6) is 0 Å². The summed E-state index contributed by atoms with van der Waals surface area (Å²) in [6.07, 6.45) is 6.22. The summed E-state index contributed by atoms with van der Waals surface area (Å²) in [5, 5.41) is 2.34. The van der Waals surface area contributed by atoms with Crippen LogP contribution in [0.4, 0.5) is 9.59 Å². The number of aromatic amines is 2. The van der Waals surface area contributed by atoms with Gasteiger partial charge in [-0.25, -0.2) is 19.6 Å². The number of piperidine rings is 1. The van der Waals surface area contributed by atoms with Crippen molar-refractivity contribution in [3.63, 3.8) is 0 Å². The summed E-state index contributed by atoms with van der Waals surface area (Å²) in [5.74, 6) is 2.03. The van der Waals surface area contributed by atoms with E-state index in [1.807, 2.05) is 52.6 Å². The standard InChI is InChI=1S/C46H50N6O4/c1-45(2,3)55-43(53)51-21-7-8-39(51)41-47-26-38(50-41)28-11-9-27(10-12-28)29-13-14-31-23-32(16-15-30(31)22-29)33-18-20-36-37(25-33)49-42(48-36)40-34-17-19-35(24-34)52(40)44(54)56-46(4,5)6/h9-16,18,20,22-23,25-26,34-35,39-40H,7-8,17,19,21,24H2,1-6H3,(H,47,50)(H,48,49)/t34-,35+,39-,40-/m0/s1. The molecule has 2 bridgehead atoms. The predicted octanol–water partition coefficient (Wildman–Crippen LogP) is 11.0. The van der Waals surface area contributed by atoms with Crippen molar-refractivity contribution in [1.82, 2.24) is 29.7 Å². The van der Waals surface area contributed by atoms with Crippen LogP contribution in [0.15, 0.2) is 85.1 Å². The molecule has 2 amide bonds. The minimum atomic E-state index is -0.544. The first-order valence-corrected chi connectivity index (χ1v) is 20.0. The second kappa shape index (κ2) is 13.5. The summed E-state index contributed by atoms with van der Waals surface area (Å²) >= 11 is 0. The molecule has 288 valence electrons. The van der Waals surface area contributed by atoms with Crippen LogP contribution >= 0.6 is 0 Å². The maximum atomic E-state index is 13.3. The number of benzene rings is 4. The SMILES string of the molecule is CC(C)(C)OC(=O)N1CCC[C@H]1c1ncc(-c2ccc(-c3ccc4cc(-c5ccc6nc([C@@H]7[C@H]8CC[C@H](C8)N7C(=O)OC(C)(C)C)[nH]c6c5)ccc4c3)cc2)[nH]1. The number of hydrogen-bond donors (Lipinski definition) is 2. The van der Waals surface area contributed by atoms with Gasteiger partial charge in [0.15, 0.2) is 0 Å². The molecule has 2 N–H and O–H groups in total. The molecule has 4 atom stereocenters. The number of carbonyl (C=O) groups is 2. The van der Waals surface area contributed by atoms with Crippen molar-refractivity contribution in [2.75, 3.05) is 6.54 Å². The van der Waals surface area contributed by atoms with Crippen molar-refractivity contribution in [1.29, 1.82) is 0 Å². The van der Waals surface area contributed by atoms with Crippen molar-refractivity contribution >= 4 is 34.0 Å². The van der Waals surface area contributed by atoms with E-state index in [2.05, 4.69) is 93.8 Å². The first-order chi connectivity index (χ1) is 26.8. The molecule has 9 rings (SSSR count). The Balaban J connectivity index is 0.906. The van der Waals surface area contributed by atoms with Crippen LogP contribution < -0.4 is 0 Å². The van der Waals surface area contributed by atoms with E-state index in [1.54, 1.807) is 4.90 Å². The normalized spacial score (nSPS) is 21.0. The fourth-order valence-electron chi connectivity index (χ4n) is 8.96. The first-order valence-electron chi connectivity index (χ1n) is 20.0. The van der Waals surface area contributed by atoms with E-state index in [0.29, 0.717) is 12.5 Å². The third-order valence-corrected chi connectivity index (χ3v) is 11.5. The number of ether oxygens (including phenoxy) is 2. The molecular weight excluding hydrogens is 701 g/mol. The van der Waals surface area contributed by atoms with Crippen LogP contribution in [-0.4, -0.2) is 65.7 Å². The lowest BCUT2D eigenvalue weighted by Crippen LogP contribution is -2.43. The molecule has 4 heterocycles. The molecule has 2 aromatic heterocycles. The highest BCUT2D eigenvalue weighted by Crippen LogP contribution is 2.50. The van der Waals surface area contributed by atoms with Gasteiger partial charge in [0, 0.05) is 12.6 Å². The largest absolute Gasteiger partial charge is 0.444 e. The Kier molecular flexibility index (Phi) is 8.71. The lowest BCUT2D eigenvalue weighted by Gasteiger charge is -2.35. The lowest BCUT2D eigenvalue weighted by atomic mass is 9.97. The highest BCUT2D eigenvalue weighted by molar-refractivity contribution is 5.92. The number of fused-ring (bicyclic) bond motifs is 4. The van der Waals surface area contributed by atoms with Gasteiger partial charge in [-0.05, 0) is 142 Å². The van der Waals surface area contributed by atoms with Gasteiger partial charge >= 0.3 is 12.2 Å². The summed E-state index contributed by atoms with van der Waals surface area (Å²) < 4.78 is 11.5. The Morgan fingerprint density at radius 2 is 1.32 bits per heavy atom. The number of aromatic nitrogens is 4. The van der Waals surface area contributed by atoms with Gasteiger partial charge in [0.1, 0.15) is 22.9 Å². The van der Waals surface area contributed by atoms with E-state index >= 15 is 0 Å². The quantitative estimate of drug-likeness (QED) is 0.181. The van der Waals surface area contributed by atoms with Gasteiger partial charge in [-0.2, -0.15) is 0 Å². The Bertz CT molecular complexity index is 2450. The molecule has 0 unspecified atom stereocenters. The number of amides is 2. The highest BCUT2D eigenvalue weighted by Gasteiger charge is 2.51. The molecule has 6 aromatic rings. The zero-order chi connectivity index (χ0) is 38.9. The molecule has 3 aliphatic rings. The highest BCUT2D eigenvalue weighted by atomic mass is 16.6. The van der Waals surface area contributed by atoms with E-state index in [9.17, 15) is 9.59 Å². The maximum Gasteiger partial charge on any atom is 0.411 e. The number of carbonyl (C=O) groups excluding carboxylic acids is 2. The van der Waals surface area contributed by atoms with Crippen LogP contribution in [0.2, 0.25) is 0 Å². The lowest BCUT2D eigenvalue weighted by molar-refractivity contribution is 0.00616. The Morgan fingerprint density at radius 1 is 0.696 bits per heavy atom. The summed E-state index contributed by atoms with van der Waals surface area (Å²) in [5.41, 5.74) is 7.27. The summed E-state index contributed by atoms with van der Waals surface area (Å²) in [7, 11) is 0. The number of likely N-dealkylation sites (tertiary alicyclic amines) is 2. The third kappa shape index (κ3) is 6.90. The summed E-state index contributed by atoms with van der Waals surface area (Å²) in [6.45, 7) is 12.1. The molecular formula is C46H50N6O4. The topological polar surface area (TPSA) is 116 Å². The third-order valence-electron chi connectivity index (χ3n) is 11.5. The molecule has 0 spiro atoms. The molecule has 1 saturated carbocycles. The maximum absolute atomic E-state index is 13.3. The van der Waals surface area contributed by atoms with Gasteiger partial charge in [0.2, 0.25) is 0 Å². The number of imidazole rings is 2. The van der Waals surface area contributed by atoms with Crippen LogP contribution in [0, 0.1) is 5.92 Å². The number of rotatable bonds is 5. The van der Waals surface area contributed by atoms with Crippen molar-refractivity contribution in [3.05, 3.63) is 96.7 Å². The monoisotopic (exact) mass is 750 g/mol. The second-order valence-electron chi connectivity index (χ2n) is 17.8. The fourth-order valence-corrected chi connectivity index (χ4v) is 8.96. The van der Waals surface area contributed by atoms with Crippen LogP contribution in [-0.2, 0) is 9.47 Å². The molecule has 4 aromatic carbocycles. The van der Waals surface area contributed by atoms with Gasteiger partial charge in [-0.15, -0.1) is 0 Å². The molecule has 0 radical (unpaired) electrons. The van der Waals surface area contributed by atoms with Crippen molar-refractivity contribution < 1.29 is 19.1 Å². The van der Waals surface area contributed by atoms with Gasteiger partial charge < -0.3 is 19.4 Å². The van der Waals surface area contributed by atoms with E-state index in [-0.39, 0.29) is 30.3 Å². The Hall–Kier alpha value is -5.64. The zero-order valence-corrected chi connectivity index (χ0v) is 33.1. The molecule has 10 nitrogen and oxygen atoms in total. The van der Waals surface area contributed by atoms with E-state index in [4.69, 9.17) is 14.5 Å². The van der Waals surface area contributed by atoms with E-state index in [1.165, 1.54) is 10.8 Å². The molecule has 3 fully saturated rings. The summed E-state index contributed by atoms with van der Waals surface area (Å²) in [4.78, 5) is 46.6. The minimum absolute atomic E-state index is 0.0934. The Morgan fingerprint density at radius 3 is 2.04 bits per heavy atom. The second-order valence-corrected chi connectivity index (χ2v) is 17.8. The van der Waals surface area contributed by atoms with Crippen molar-refractivity contribution in [2.45, 2.75) is 103 Å². The average Bonchev–Trinajstić information content (AvgIpc) is 4.00. The van der Waals surface area contributed by atoms with E-state index in [0.717, 1.165) is 88.3 Å². The van der Waals surface area contributed by atoms with Gasteiger partial charge in [0.25, 0.3) is 0 Å². The van der Waals surface area contributed by atoms with Crippen LogP contribution in [0.3, 0.4) is 0 Å². The summed E-state index contributed by atoms with van der Waals surface area (Å²) in [6, 6.07) is 28.1. The predicted molar refractivity (Wildman–Crippen MR) is 219 cm³/mol. The van der Waals surface area contributed by atoms with Gasteiger partial charge in [0.05, 0.1) is 35.0 Å². The van der Waals surface area contributed by atoms with Crippen LogP contribution in [0.25, 0.3) is 55.3 Å². The number of nitrogens with one attached hydrogen (secondary N) is 2. The molecule has 2 saturated heterocycles. The van der Waals surface area contributed by atoms with Gasteiger partial charge in [-0.3, -0.25) is 9.80 Å². The first kappa shape index (κ1) is 36.0. The smallest absolute Gasteiger partial charge is 0.411 e. The number of hydrogen-bond acceptors (Lipinski definition) is 6. The van der Waals surface area contributed by atoms with E-state index < -0.39 is 11.2 Å². The van der Waals surface area contributed by atoms with Crippen LogP contribution in [0.1, 0.15) is 97.4 Å². The van der Waals surface area contributed by atoms with Gasteiger partial charge in [-0.1, -0.05) is 54.6 Å². The molecule has 56 heavy (non-hydrogen) atoms. The zero-order valence-electron chi connectivity index (χ0n) is 33.1. The minimum Gasteiger partial charge on any atom is -0.444 e. The Labute approximate surface area is 327 Å². The molecule has 2 aliphatic heterocycles. The average molecular weight is 751 g/mol.